The molecule has 0 aliphatic rings. The second-order valence-corrected chi connectivity index (χ2v) is 4.08. The number of nitrogens with one attached hydrogen (secondary N) is 1. The average molecular weight is 289 g/mol. The van der Waals surface area contributed by atoms with Gasteiger partial charge in [0.25, 0.3) is 5.91 Å². The van der Waals surface area contributed by atoms with Gasteiger partial charge in [-0.05, 0) is 30.3 Å². The number of rotatable bonds is 3. The highest BCUT2D eigenvalue weighted by atomic mass is 19.1. The number of nitrogen functional groups attached to an aromatic ring is 1. The monoisotopic (exact) mass is 289 g/mol. The predicted molar refractivity (Wildman–Crippen MR) is 74.3 cm³/mol. The molecule has 21 heavy (non-hydrogen) atoms. The van der Waals surface area contributed by atoms with E-state index in [1.807, 2.05) is 0 Å². The van der Waals surface area contributed by atoms with Crippen LogP contribution in [0.2, 0.25) is 0 Å². The number of nitrogens with zero attached hydrogens (tertiary/aromatic N) is 1. The van der Waals surface area contributed by atoms with Gasteiger partial charge in [0.15, 0.2) is 5.69 Å². The van der Waals surface area contributed by atoms with Crippen LogP contribution in [-0.2, 0) is 4.74 Å². The number of nitrogens with two attached hydrogens (primary N) is 1. The SMILES string of the molecule is COC(=O)c1ccc(F)c(NC(=O)c2ncccc2N)c1. The molecule has 0 bridgehead atoms. The van der Waals surface area contributed by atoms with Crippen molar-refractivity contribution >= 4 is 23.3 Å². The highest BCUT2D eigenvalue weighted by Crippen LogP contribution is 2.18. The molecule has 0 aliphatic heterocycles. The Morgan fingerprint density at radius 1 is 1.33 bits per heavy atom. The van der Waals surface area contributed by atoms with Crippen LogP contribution in [-0.4, -0.2) is 24.0 Å². The minimum atomic E-state index is -0.689. The maximum absolute atomic E-state index is 13.7. The fourth-order valence-electron chi connectivity index (χ4n) is 1.65. The smallest absolute Gasteiger partial charge is 0.337 e. The normalized spacial score (nSPS) is 10.0. The van der Waals surface area contributed by atoms with Crippen molar-refractivity contribution in [2.24, 2.45) is 0 Å². The minimum Gasteiger partial charge on any atom is -0.465 e. The van der Waals surface area contributed by atoms with Crippen LogP contribution in [0, 0.1) is 5.82 Å². The first-order chi connectivity index (χ1) is 10.0. The molecule has 1 aromatic carbocycles. The number of methoxy groups -OCH3 is 1. The molecule has 0 radical (unpaired) electrons. The van der Waals surface area contributed by atoms with E-state index in [1.54, 1.807) is 6.07 Å². The Morgan fingerprint density at radius 3 is 2.76 bits per heavy atom. The number of ether oxygens (including phenoxy) is 1. The van der Waals surface area contributed by atoms with Crippen LogP contribution in [0.4, 0.5) is 15.8 Å². The molecule has 1 amide bonds. The number of pyridine rings is 1. The first-order valence-electron chi connectivity index (χ1n) is 5.92. The summed E-state index contributed by atoms with van der Waals surface area (Å²) in [6.45, 7) is 0. The van der Waals surface area contributed by atoms with E-state index in [0.717, 1.165) is 6.07 Å². The molecular weight excluding hydrogens is 277 g/mol. The molecule has 0 atom stereocenters. The lowest BCUT2D eigenvalue weighted by Gasteiger charge is -2.08. The number of hydrogen-bond acceptors (Lipinski definition) is 5. The molecule has 3 N–H and O–H groups in total. The maximum atomic E-state index is 13.7. The number of aromatic nitrogens is 1. The van der Waals surface area contributed by atoms with E-state index in [2.05, 4.69) is 15.0 Å². The van der Waals surface area contributed by atoms with Crippen LogP contribution in [0.5, 0.6) is 0 Å². The van der Waals surface area contributed by atoms with Crippen molar-refractivity contribution in [2.75, 3.05) is 18.2 Å². The van der Waals surface area contributed by atoms with E-state index in [1.165, 1.54) is 31.5 Å². The zero-order valence-corrected chi connectivity index (χ0v) is 11.1. The number of anilines is 2. The van der Waals surface area contributed by atoms with E-state index in [-0.39, 0.29) is 22.6 Å². The molecule has 0 fully saturated rings. The van der Waals surface area contributed by atoms with E-state index in [0.29, 0.717) is 0 Å². The van der Waals surface area contributed by atoms with E-state index in [4.69, 9.17) is 5.73 Å². The first kappa shape index (κ1) is 14.4. The summed E-state index contributed by atoms with van der Waals surface area (Å²) in [6, 6.07) is 6.57. The lowest BCUT2D eigenvalue weighted by atomic mass is 10.2. The number of carbonyl (C=O) groups excluding carboxylic acids is 2. The molecule has 0 saturated heterocycles. The van der Waals surface area contributed by atoms with Crippen molar-refractivity contribution in [3.63, 3.8) is 0 Å². The number of amides is 1. The summed E-state index contributed by atoms with van der Waals surface area (Å²) in [4.78, 5) is 27.2. The van der Waals surface area contributed by atoms with Crippen molar-refractivity contribution in [1.29, 1.82) is 0 Å². The standard InChI is InChI=1S/C14H12FN3O3/c1-21-14(20)8-4-5-9(15)11(7-8)18-13(19)12-10(16)3-2-6-17-12/h2-7H,16H2,1H3,(H,18,19). The van der Waals surface area contributed by atoms with Crippen molar-refractivity contribution in [2.45, 2.75) is 0 Å². The van der Waals surface area contributed by atoms with Crippen molar-refractivity contribution in [3.05, 3.63) is 53.6 Å². The molecule has 2 rings (SSSR count). The summed E-state index contributed by atoms with van der Waals surface area (Å²) < 4.78 is 18.2. The van der Waals surface area contributed by atoms with Gasteiger partial charge in [-0.2, -0.15) is 0 Å². The van der Waals surface area contributed by atoms with Crippen LogP contribution in [0.15, 0.2) is 36.5 Å². The maximum Gasteiger partial charge on any atom is 0.337 e. The first-order valence-corrected chi connectivity index (χ1v) is 5.92. The Bertz CT molecular complexity index is 704. The third kappa shape index (κ3) is 3.14. The van der Waals surface area contributed by atoms with Gasteiger partial charge in [0, 0.05) is 6.20 Å². The Balaban J connectivity index is 2.29. The number of esters is 1. The van der Waals surface area contributed by atoms with Gasteiger partial charge in [0.2, 0.25) is 0 Å². The third-order valence-corrected chi connectivity index (χ3v) is 2.69. The minimum absolute atomic E-state index is 0.0274. The molecule has 0 aliphatic carbocycles. The zero-order chi connectivity index (χ0) is 15.4. The Hall–Kier alpha value is -2.96. The Morgan fingerprint density at radius 2 is 2.10 bits per heavy atom. The third-order valence-electron chi connectivity index (χ3n) is 2.69. The molecule has 7 heteroatoms. The van der Waals surface area contributed by atoms with Crippen molar-refractivity contribution in [3.8, 4) is 0 Å². The highest BCUT2D eigenvalue weighted by molar-refractivity contribution is 6.06. The number of halogens is 1. The lowest BCUT2D eigenvalue weighted by molar-refractivity contribution is 0.0600. The molecule has 108 valence electrons. The Labute approximate surface area is 119 Å². The van der Waals surface area contributed by atoms with Crippen LogP contribution < -0.4 is 11.1 Å². The number of carbonyl (C=O) groups is 2. The van der Waals surface area contributed by atoms with Gasteiger partial charge in [-0.25, -0.2) is 14.2 Å². The topological polar surface area (TPSA) is 94.3 Å². The molecule has 0 unspecified atom stereocenters. The molecule has 1 aromatic heterocycles. The second-order valence-electron chi connectivity index (χ2n) is 4.08. The summed E-state index contributed by atoms with van der Waals surface area (Å²) in [5, 5.41) is 2.32. The van der Waals surface area contributed by atoms with Crippen LogP contribution in [0.25, 0.3) is 0 Å². The van der Waals surface area contributed by atoms with Gasteiger partial charge in [-0.1, -0.05) is 0 Å². The van der Waals surface area contributed by atoms with Gasteiger partial charge < -0.3 is 15.8 Å². The molecule has 2 aromatic rings. The van der Waals surface area contributed by atoms with Crippen molar-refractivity contribution in [1.82, 2.24) is 4.98 Å². The second kappa shape index (κ2) is 6.00. The van der Waals surface area contributed by atoms with E-state index in [9.17, 15) is 14.0 Å². The molecule has 0 spiro atoms. The van der Waals surface area contributed by atoms with Crippen LogP contribution in [0.1, 0.15) is 20.8 Å². The van der Waals surface area contributed by atoms with Gasteiger partial charge >= 0.3 is 5.97 Å². The van der Waals surface area contributed by atoms with Crippen molar-refractivity contribution < 1.29 is 18.7 Å². The molecule has 6 nitrogen and oxygen atoms in total. The fraction of sp³-hybridized carbons (Fsp3) is 0.0714. The van der Waals surface area contributed by atoms with Crippen LogP contribution >= 0.6 is 0 Å². The highest BCUT2D eigenvalue weighted by Gasteiger charge is 2.15. The molecule has 0 saturated carbocycles. The summed E-state index contributed by atoms with van der Waals surface area (Å²) >= 11 is 0. The van der Waals surface area contributed by atoms with E-state index >= 15 is 0 Å². The van der Waals surface area contributed by atoms with Gasteiger partial charge in [-0.3, -0.25) is 4.79 Å². The summed E-state index contributed by atoms with van der Waals surface area (Å²) in [5.41, 5.74) is 5.72. The van der Waals surface area contributed by atoms with Gasteiger partial charge in [-0.15, -0.1) is 0 Å². The average Bonchev–Trinajstić information content (AvgIpc) is 2.49. The predicted octanol–water partition coefficient (Wildman–Crippen LogP) is 1.84. The largest absolute Gasteiger partial charge is 0.465 e. The fourth-order valence-corrected chi connectivity index (χ4v) is 1.65. The Kier molecular flexibility index (Phi) is 4.13. The summed E-state index contributed by atoms with van der Waals surface area (Å²) in [6.07, 6.45) is 1.40. The van der Waals surface area contributed by atoms with Gasteiger partial charge in [0.05, 0.1) is 24.0 Å². The van der Waals surface area contributed by atoms with Gasteiger partial charge in [0.1, 0.15) is 5.82 Å². The lowest BCUT2D eigenvalue weighted by Crippen LogP contribution is -2.17. The number of hydrogen-bond donors (Lipinski definition) is 2. The summed E-state index contributed by atoms with van der Waals surface area (Å²) in [5.74, 6) is -2.00. The van der Waals surface area contributed by atoms with E-state index < -0.39 is 17.7 Å². The molecule has 1 heterocycles. The summed E-state index contributed by atoms with van der Waals surface area (Å²) in [7, 11) is 1.21. The quantitative estimate of drug-likeness (QED) is 0.841. The van der Waals surface area contributed by atoms with Crippen LogP contribution in [0.3, 0.4) is 0 Å². The number of benzene rings is 1. The molecular formula is C14H12FN3O3. The zero-order valence-electron chi connectivity index (χ0n) is 11.1.